The molecule has 1 fully saturated rings. The van der Waals surface area contributed by atoms with Gasteiger partial charge in [0.25, 0.3) is 0 Å². The number of halogens is 2. The van der Waals surface area contributed by atoms with Crippen LogP contribution in [0, 0.1) is 11.3 Å². The van der Waals surface area contributed by atoms with Crippen LogP contribution in [0.4, 0.5) is 0 Å². The maximum atomic E-state index is 12.4. The summed E-state index contributed by atoms with van der Waals surface area (Å²) in [4.78, 5) is 12.4. The van der Waals surface area contributed by atoms with Gasteiger partial charge in [-0.2, -0.15) is 0 Å². The fraction of sp³-hybridized carbons (Fsp3) is 0.929. The van der Waals surface area contributed by atoms with Gasteiger partial charge in [-0.3, -0.25) is 4.79 Å². The third-order valence-corrected chi connectivity index (χ3v) is 4.63. The van der Waals surface area contributed by atoms with Crippen LogP contribution in [0.15, 0.2) is 0 Å². The van der Waals surface area contributed by atoms with Crippen molar-refractivity contribution in [2.75, 3.05) is 19.6 Å². The highest BCUT2D eigenvalue weighted by molar-refractivity contribution is 5.85. The van der Waals surface area contributed by atoms with Crippen LogP contribution in [-0.2, 0) is 4.79 Å². The van der Waals surface area contributed by atoms with E-state index < -0.39 is 0 Å². The standard InChI is InChI=1S/C14H29N3O.2ClH/c1-4-14(5-2,10-15)13(18)17-11(3)12-7-6-8-16-9-12;;/h11-12,16H,4-10,15H2,1-3H3,(H,17,18);2*1H. The van der Waals surface area contributed by atoms with Crippen LogP contribution >= 0.6 is 24.8 Å². The maximum absolute atomic E-state index is 12.4. The second kappa shape index (κ2) is 10.7. The molecule has 0 spiro atoms. The van der Waals surface area contributed by atoms with Gasteiger partial charge in [0, 0.05) is 12.6 Å². The van der Waals surface area contributed by atoms with Crippen molar-refractivity contribution in [2.24, 2.45) is 17.1 Å². The Morgan fingerprint density at radius 3 is 2.40 bits per heavy atom. The lowest BCUT2D eigenvalue weighted by Crippen LogP contribution is -2.51. The zero-order valence-electron chi connectivity index (χ0n) is 12.9. The number of rotatable bonds is 6. The zero-order chi connectivity index (χ0) is 13.6. The number of nitrogens with one attached hydrogen (secondary N) is 2. The van der Waals surface area contributed by atoms with E-state index in [4.69, 9.17) is 5.73 Å². The lowest BCUT2D eigenvalue weighted by molar-refractivity contribution is -0.132. The number of carbonyl (C=O) groups is 1. The minimum atomic E-state index is -0.379. The second-order valence-corrected chi connectivity index (χ2v) is 5.56. The summed E-state index contributed by atoms with van der Waals surface area (Å²) in [5.41, 5.74) is 5.43. The Labute approximate surface area is 135 Å². The summed E-state index contributed by atoms with van der Waals surface area (Å²) >= 11 is 0. The van der Waals surface area contributed by atoms with E-state index >= 15 is 0 Å². The molecule has 20 heavy (non-hydrogen) atoms. The lowest BCUT2D eigenvalue weighted by atomic mass is 9.80. The molecular weight excluding hydrogens is 297 g/mol. The van der Waals surface area contributed by atoms with Crippen molar-refractivity contribution in [2.45, 2.75) is 52.5 Å². The van der Waals surface area contributed by atoms with Gasteiger partial charge >= 0.3 is 0 Å². The number of amides is 1. The van der Waals surface area contributed by atoms with E-state index in [1.54, 1.807) is 0 Å². The highest BCUT2D eigenvalue weighted by Crippen LogP contribution is 2.26. The summed E-state index contributed by atoms with van der Waals surface area (Å²) in [5.74, 6) is 0.681. The molecule has 1 heterocycles. The number of hydrogen-bond acceptors (Lipinski definition) is 3. The van der Waals surface area contributed by atoms with Crippen LogP contribution in [0.5, 0.6) is 0 Å². The molecule has 2 unspecified atom stereocenters. The Bertz CT molecular complexity index is 259. The first-order valence-electron chi connectivity index (χ1n) is 7.31. The summed E-state index contributed by atoms with van der Waals surface area (Å²) in [7, 11) is 0. The Morgan fingerprint density at radius 2 is 2.00 bits per heavy atom. The first-order valence-corrected chi connectivity index (χ1v) is 7.31. The topological polar surface area (TPSA) is 67.2 Å². The maximum Gasteiger partial charge on any atom is 0.227 e. The minimum absolute atomic E-state index is 0. The SMILES string of the molecule is CCC(CC)(CN)C(=O)NC(C)C1CCCNC1.Cl.Cl. The average molecular weight is 328 g/mol. The molecule has 0 aliphatic carbocycles. The predicted octanol–water partition coefficient (Wildman–Crippen LogP) is 2.10. The second-order valence-electron chi connectivity index (χ2n) is 5.56. The summed E-state index contributed by atoms with van der Waals surface area (Å²) in [6.45, 7) is 8.75. The average Bonchev–Trinajstić information content (AvgIpc) is 2.42. The number of carbonyl (C=O) groups excluding carboxylic acids is 1. The molecule has 1 amide bonds. The smallest absolute Gasteiger partial charge is 0.227 e. The Balaban J connectivity index is 0. The van der Waals surface area contributed by atoms with Crippen molar-refractivity contribution in [3.8, 4) is 0 Å². The van der Waals surface area contributed by atoms with Crippen molar-refractivity contribution >= 4 is 30.7 Å². The summed E-state index contributed by atoms with van der Waals surface area (Å²) in [6.07, 6.45) is 4.01. The Kier molecular flexibility index (Phi) is 11.9. The molecule has 4 N–H and O–H groups in total. The molecule has 1 aliphatic rings. The van der Waals surface area contributed by atoms with Gasteiger partial charge in [0.15, 0.2) is 0 Å². The van der Waals surface area contributed by atoms with Crippen LogP contribution in [0.3, 0.4) is 0 Å². The monoisotopic (exact) mass is 327 g/mol. The van der Waals surface area contributed by atoms with Gasteiger partial charge in [-0.25, -0.2) is 0 Å². The van der Waals surface area contributed by atoms with Gasteiger partial charge in [0.05, 0.1) is 5.41 Å². The molecule has 0 aromatic heterocycles. The van der Waals surface area contributed by atoms with E-state index in [1.807, 2.05) is 13.8 Å². The fourth-order valence-electron chi connectivity index (χ4n) is 2.74. The van der Waals surface area contributed by atoms with Crippen LogP contribution in [0.1, 0.15) is 46.5 Å². The number of nitrogens with two attached hydrogens (primary N) is 1. The highest BCUT2D eigenvalue weighted by atomic mass is 35.5. The molecule has 0 bridgehead atoms. The zero-order valence-corrected chi connectivity index (χ0v) is 14.5. The quantitative estimate of drug-likeness (QED) is 0.699. The molecular formula is C14H31Cl2N3O. The summed E-state index contributed by atoms with van der Waals surface area (Å²) in [6, 6.07) is 0.231. The summed E-state index contributed by atoms with van der Waals surface area (Å²) < 4.78 is 0. The van der Waals surface area contributed by atoms with Gasteiger partial charge in [-0.05, 0) is 51.6 Å². The van der Waals surface area contributed by atoms with Crippen LogP contribution < -0.4 is 16.4 Å². The van der Waals surface area contributed by atoms with Crippen molar-refractivity contribution < 1.29 is 4.79 Å². The molecule has 0 aromatic carbocycles. The van der Waals surface area contributed by atoms with Crippen LogP contribution in [-0.4, -0.2) is 31.6 Å². The normalized spacial score (nSPS) is 20.3. The third-order valence-electron chi connectivity index (χ3n) is 4.63. The van der Waals surface area contributed by atoms with Crippen molar-refractivity contribution in [3.63, 3.8) is 0 Å². The van der Waals surface area contributed by atoms with Crippen molar-refractivity contribution in [1.29, 1.82) is 0 Å². The molecule has 1 saturated heterocycles. The molecule has 122 valence electrons. The predicted molar refractivity (Wildman–Crippen MR) is 89.8 cm³/mol. The first-order chi connectivity index (χ1) is 8.59. The van der Waals surface area contributed by atoms with E-state index in [-0.39, 0.29) is 42.2 Å². The van der Waals surface area contributed by atoms with Crippen molar-refractivity contribution in [1.82, 2.24) is 10.6 Å². The van der Waals surface area contributed by atoms with E-state index in [1.165, 1.54) is 12.8 Å². The van der Waals surface area contributed by atoms with Crippen LogP contribution in [0.2, 0.25) is 0 Å². The molecule has 0 saturated carbocycles. The highest BCUT2D eigenvalue weighted by Gasteiger charge is 2.35. The molecule has 2 atom stereocenters. The van der Waals surface area contributed by atoms with E-state index in [9.17, 15) is 4.79 Å². The third kappa shape index (κ3) is 5.40. The first kappa shape index (κ1) is 22.3. The Morgan fingerprint density at radius 1 is 1.40 bits per heavy atom. The molecule has 0 radical (unpaired) electrons. The van der Waals surface area contributed by atoms with Gasteiger partial charge < -0.3 is 16.4 Å². The van der Waals surface area contributed by atoms with E-state index in [0.717, 1.165) is 25.9 Å². The van der Waals surface area contributed by atoms with Crippen molar-refractivity contribution in [3.05, 3.63) is 0 Å². The molecule has 0 aromatic rings. The molecule has 1 aliphatic heterocycles. The summed E-state index contributed by atoms with van der Waals surface area (Å²) in [5, 5.41) is 6.58. The van der Waals surface area contributed by atoms with Gasteiger partial charge in [0.1, 0.15) is 0 Å². The van der Waals surface area contributed by atoms with Crippen LogP contribution in [0.25, 0.3) is 0 Å². The number of hydrogen-bond donors (Lipinski definition) is 3. The fourth-order valence-corrected chi connectivity index (χ4v) is 2.74. The molecule has 4 nitrogen and oxygen atoms in total. The van der Waals surface area contributed by atoms with Gasteiger partial charge in [0.2, 0.25) is 5.91 Å². The molecule has 1 rings (SSSR count). The van der Waals surface area contributed by atoms with Gasteiger partial charge in [-0.1, -0.05) is 13.8 Å². The number of piperidine rings is 1. The lowest BCUT2D eigenvalue weighted by Gasteiger charge is -2.34. The molecule has 6 heteroatoms. The minimum Gasteiger partial charge on any atom is -0.353 e. The van der Waals surface area contributed by atoms with Gasteiger partial charge in [-0.15, -0.1) is 24.8 Å². The Hall–Kier alpha value is -0.0300. The largest absolute Gasteiger partial charge is 0.353 e. The van der Waals surface area contributed by atoms with E-state index in [0.29, 0.717) is 12.5 Å². The van der Waals surface area contributed by atoms with E-state index in [2.05, 4.69) is 17.6 Å².